The van der Waals surface area contributed by atoms with Gasteiger partial charge in [0.25, 0.3) is 0 Å². The Kier molecular flexibility index (Phi) is 6.04. The van der Waals surface area contributed by atoms with E-state index in [1.54, 1.807) is 6.26 Å². The summed E-state index contributed by atoms with van der Waals surface area (Å²) >= 11 is 1.43. The van der Waals surface area contributed by atoms with Gasteiger partial charge in [0.1, 0.15) is 0 Å². The standard InChI is InChI=1S/C22H26N4O2S/c1-15-10-11-17(13-16(15)2)23-20(27)14-29-22-25-24-21(19-9-6-12-28-19)26(22)18-7-4-3-5-8-18/h6,9-13,18H,3-5,7-8,14H2,1-2H3,(H,23,27). The van der Waals surface area contributed by atoms with Gasteiger partial charge in [-0.05, 0) is 62.1 Å². The molecule has 1 aliphatic carbocycles. The van der Waals surface area contributed by atoms with E-state index in [-0.39, 0.29) is 11.7 Å². The SMILES string of the molecule is Cc1ccc(NC(=O)CSc2nnc(-c3ccco3)n2C2CCCCC2)cc1C. The quantitative estimate of drug-likeness (QED) is 0.552. The van der Waals surface area contributed by atoms with Crippen LogP contribution in [0.4, 0.5) is 5.69 Å². The molecular weight excluding hydrogens is 384 g/mol. The van der Waals surface area contributed by atoms with Crippen molar-refractivity contribution in [3.63, 3.8) is 0 Å². The Morgan fingerprint density at radius 1 is 1.17 bits per heavy atom. The van der Waals surface area contributed by atoms with Gasteiger partial charge in [-0.2, -0.15) is 0 Å². The summed E-state index contributed by atoms with van der Waals surface area (Å²) in [5.41, 5.74) is 3.20. The molecule has 6 nitrogen and oxygen atoms in total. The smallest absolute Gasteiger partial charge is 0.234 e. The lowest BCUT2D eigenvalue weighted by molar-refractivity contribution is -0.113. The van der Waals surface area contributed by atoms with Gasteiger partial charge in [-0.25, -0.2) is 0 Å². The summed E-state index contributed by atoms with van der Waals surface area (Å²) in [6.07, 6.45) is 7.55. The number of thioether (sulfide) groups is 1. The van der Waals surface area contributed by atoms with E-state index in [1.165, 1.54) is 36.6 Å². The number of amides is 1. The Balaban J connectivity index is 1.49. The summed E-state index contributed by atoms with van der Waals surface area (Å²) in [7, 11) is 0. The van der Waals surface area contributed by atoms with Crippen LogP contribution in [0.15, 0.2) is 46.2 Å². The molecule has 3 aromatic rings. The minimum Gasteiger partial charge on any atom is -0.461 e. The highest BCUT2D eigenvalue weighted by atomic mass is 32.2. The zero-order valence-corrected chi connectivity index (χ0v) is 17.7. The van der Waals surface area contributed by atoms with Crippen molar-refractivity contribution in [1.29, 1.82) is 0 Å². The maximum atomic E-state index is 12.5. The van der Waals surface area contributed by atoms with Crippen LogP contribution >= 0.6 is 11.8 Å². The van der Waals surface area contributed by atoms with Gasteiger partial charge in [-0.1, -0.05) is 37.1 Å². The van der Waals surface area contributed by atoms with Crippen molar-refractivity contribution in [2.45, 2.75) is 57.1 Å². The van der Waals surface area contributed by atoms with Gasteiger partial charge in [0.2, 0.25) is 11.7 Å². The zero-order valence-electron chi connectivity index (χ0n) is 16.9. The Morgan fingerprint density at radius 2 is 2.00 bits per heavy atom. The van der Waals surface area contributed by atoms with Crippen molar-refractivity contribution in [3.05, 3.63) is 47.7 Å². The number of furan rings is 1. The van der Waals surface area contributed by atoms with Gasteiger partial charge in [0.15, 0.2) is 10.9 Å². The van der Waals surface area contributed by atoms with Crippen LogP contribution in [0.2, 0.25) is 0 Å². The molecule has 4 rings (SSSR count). The molecule has 1 amide bonds. The Hall–Kier alpha value is -2.54. The maximum Gasteiger partial charge on any atom is 0.234 e. The van der Waals surface area contributed by atoms with Crippen LogP contribution in [0.25, 0.3) is 11.6 Å². The first-order chi connectivity index (χ1) is 14.1. The van der Waals surface area contributed by atoms with E-state index in [0.29, 0.717) is 6.04 Å². The van der Waals surface area contributed by atoms with Crippen LogP contribution in [0, 0.1) is 13.8 Å². The third-order valence-electron chi connectivity index (χ3n) is 5.47. The zero-order chi connectivity index (χ0) is 20.2. The van der Waals surface area contributed by atoms with Crippen molar-refractivity contribution in [1.82, 2.24) is 14.8 Å². The maximum absolute atomic E-state index is 12.5. The number of carbonyl (C=O) groups excluding carboxylic acids is 1. The lowest BCUT2D eigenvalue weighted by Crippen LogP contribution is -2.17. The highest BCUT2D eigenvalue weighted by Gasteiger charge is 2.25. The second-order valence-corrected chi connectivity index (χ2v) is 8.52. The van der Waals surface area contributed by atoms with E-state index in [4.69, 9.17) is 4.42 Å². The van der Waals surface area contributed by atoms with Crippen molar-refractivity contribution >= 4 is 23.4 Å². The normalized spacial score (nSPS) is 14.8. The van der Waals surface area contributed by atoms with Gasteiger partial charge in [-0.3, -0.25) is 9.36 Å². The minimum absolute atomic E-state index is 0.0454. The number of benzene rings is 1. The van der Waals surface area contributed by atoms with E-state index in [9.17, 15) is 4.79 Å². The first kappa shape index (κ1) is 19.8. The van der Waals surface area contributed by atoms with E-state index in [2.05, 4.69) is 27.0 Å². The predicted octanol–water partition coefficient (Wildman–Crippen LogP) is 5.39. The van der Waals surface area contributed by atoms with Crippen LogP contribution < -0.4 is 5.32 Å². The largest absolute Gasteiger partial charge is 0.461 e. The summed E-state index contributed by atoms with van der Waals surface area (Å²) in [6, 6.07) is 10.1. The van der Waals surface area contributed by atoms with Crippen molar-refractivity contribution < 1.29 is 9.21 Å². The average molecular weight is 411 g/mol. The minimum atomic E-state index is -0.0454. The number of nitrogens with one attached hydrogen (secondary N) is 1. The van der Waals surface area contributed by atoms with Crippen LogP contribution in [-0.2, 0) is 4.79 Å². The molecule has 1 saturated carbocycles. The van der Waals surface area contributed by atoms with Gasteiger partial charge in [0, 0.05) is 11.7 Å². The van der Waals surface area contributed by atoms with Crippen LogP contribution in [0.1, 0.15) is 49.3 Å². The monoisotopic (exact) mass is 410 g/mol. The molecule has 1 fully saturated rings. The molecule has 0 unspecified atom stereocenters. The van der Waals surface area contributed by atoms with Crippen LogP contribution in [0.3, 0.4) is 0 Å². The fraction of sp³-hybridized carbons (Fsp3) is 0.409. The summed E-state index contributed by atoms with van der Waals surface area (Å²) in [5, 5.41) is 12.5. The molecule has 0 bridgehead atoms. The lowest BCUT2D eigenvalue weighted by atomic mass is 9.95. The van der Waals surface area contributed by atoms with Crippen LogP contribution in [0.5, 0.6) is 0 Å². The fourth-order valence-electron chi connectivity index (χ4n) is 3.76. The van der Waals surface area contributed by atoms with E-state index < -0.39 is 0 Å². The summed E-state index contributed by atoms with van der Waals surface area (Å²) < 4.78 is 7.75. The van der Waals surface area contributed by atoms with E-state index in [1.807, 2.05) is 37.3 Å². The molecule has 0 spiro atoms. The van der Waals surface area contributed by atoms with Crippen LogP contribution in [-0.4, -0.2) is 26.4 Å². The molecule has 1 aromatic carbocycles. The topological polar surface area (TPSA) is 73.0 Å². The Bertz CT molecular complexity index is 975. The third kappa shape index (κ3) is 4.56. The van der Waals surface area contributed by atoms with E-state index >= 15 is 0 Å². The number of aryl methyl sites for hydroxylation is 2. The fourth-order valence-corrected chi connectivity index (χ4v) is 4.57. The van der Waals surface area contributed by atoms with Crippen molar-refractivity contribution in [2.75, 3.05) is 11.1 Å². The van der Waals surface area contributed by atoms with Gasteiger partial charge in [0.05, 0.1) is 12.0 Å². The highest BCUT2D eigenvalue weighted by molar-refractivity contribution is 7.99. The van der Waals surface area contributed by atoms with E-state index in [0.717, 1.165) is 40.8 Å². The predicted molar refractivity (Wildman–Crippen MR) is 115 cm³/mol. The number of carbonyl (C=O) groups is 1. The first-order valence-electron chi connectivity index (χ1n) is 10.1. The molecule has 2 heterocycles. The van der Waals surface area contributed by atoms with Crippen molar-refractivity contribution in [3.8, 4) is 11.6 Å². The molecule has 7 heteroatoms. The second-order valence-electron chi connectivity index (χ2n) is 7.58. The third-order valence-corrected chi connectivity index (χ3v) is 6.41. The molecule has 0 saturated heterocycles. The number of nitrogens with zero attached hydrogens (tertiary/aromatic N) is 3. The number of hydrogen-bond acceptors (Lipinski definition) is 5. The van der Waals surface area contributed by atoms with Gasteiger partial charge >= 0.3 is 0 Å². The lowest BCUT2D eigenvalue weighted by Gasteiger charge is -2.25. The Labute approximate surface area is 175 Å². The highest BCUT2D eigenvalue weighted by Crippen LogP contribution is 2.35. The second kappa shape index (κ2) is 8.86. The summed E-state index contributed by atoms with van der Waals surface area (Å²) in [6.45, 7) is 4.11. The Morgan fingerprint density at radius 3 is 2.72 bits per heavy atom. The molecule has 0 radical (unpaired) electrons. The molecule has 0 aliphatic heterocycles. The molecular formula is C22H26N4O2S. The number of rotatable bonds is 6. The molecule has 1 N–H and O–H groups in total. The average Bonchev–Trinajstić information content (AvgIpc) is 3.39. The number of aromatic nitrogens is 3. The summed E-state index contributed by atoms with van der Waals surface area (Å²) in [5.74, 6) is 1.71. The molecule has 152 valence electrons. The summed E-state index contributed by atoms with van der Waals surface area (Å²) in [4.78, 5) is 12.5. The van der Waals surface area contributed by atoms with Crippen molar-refractivity contribution in [2.24, 2.45) is 0 Å². The molecule has 0 atom stereocenters. The number of hydrogen-bond donors (Lipinski definition) is 1. The first-order valence-corrected chi connectivity index (χ1v) is 11.1. The van der Waals surface area contributed by atoms with Gasteiger partial charge < -0.3 is 9.73 Å². The number of anilines is 1. The molecule has 1 aliphatic rings. The molecule has 2 aromatic heterocycles. The molecule has 29 heavy (non-hydrogen) atoms. The van der Waals surface area contributed by atoms with Gasteiger partial charge in [-0.15, -0.1) is 10.2 Å².